The van der Waals surface area contributed by atoms with E-state index >= 15 is 0 Å². The smallest absolute Gasteiger partial charge is 0.241 e. The molecule has 0 bridgehead atoms. The topological polar surface area (TPSA) is 78.7 Å². The quantitative estimate of drug-likeness (QED) is 0.725. The number of anilines is 1. The van der Waals surface area contributed by atoms with Crippen molar-refractivity contribution in [3.63, 3.8) is 0 Å². The van der Waals surface area contributed by atoms with Gasteiger partial charge in [0.25, 0.3) is 0 Å². The van der Waals surface area contributed by atoms with Crippen molar-refractivity contribution >= 4 is 42.3 Å². The Morgan fingerprint density at radius 1 is 1.21 bits per heavy atom. The van der Waals surface area contributed by atoms with E-state index in [-0.39, 0.29) is 54.5 Å². The predicted octanol–water partition coefficient (Wildman–Crippen LogP) is 2.66. The van der Waals surface area contributed by atoms with Crippen LogP contribution in [-0.2, 0) is 9.59 Å². The Balaban J connectivity index is 0.00000210. The van der Waals surface area contributed by atoms with Gasteiger partial charge in [0.1, 0.15) is 5.82 Å². The second-order valence-corrected chi connectivity index (χ2v) is 7.65. The van der Waals surface area contributed by atoms with Gasteiger partial charge in [0.15, 0.2) is 0 Å². The lowest BCUT2D eigenvalue weighted by molar-refractivity contribution is -0.134. The molecule has 1 aliphatic heterocycles. The summed E-state index contributed by atoms with van der Waals surface area (Å²) < 4.78 is 13.3. The normalized spacial score (nSPS) is 22.9. The molecule has 0 radical (unpaired) electrons. The molecule has 164 valence electrons. The molecule has 2 aliphatic rings. The number of nitrogens with two attached hydrogens (primary N) is 1. The minimum absolute atomic E-state index is 0. The molecular formula is C20H31Cl2FN4O2. The Labute approximate surface area is 184 Å². The zero-order chi connectivity index (χ0) is 19.4. The molecule has 0 aromatic heterocycles. The van der Waals surface area contributed by atoms with Crippen molar-refractivity contribution in [2.24, 2.45) is 11.7 Å². The molecule has 1 unspecified atom stereocenters. The van der Waals surface area contributed by atoms with Crippen molar-refractivity contribution in [1.29, 1.82) is 0 Å². The van der Waals surface area contributed by atoms with Crippen molar-refractivity contribution in [1.82, 2.24) is 9.80 Å². The highest BCUT2D eigenvalue weighted by molar-refractivity contribution is 5.94. The molecule has 1 aromatic rings. The second-order valence-electron chi connectivity index (χ2n) is 7.65. The van der Waals surface area contributed by atoms with Crippen molar-refractivity contribution < 1.29 is 14.0 Å². The molecule has 3 rings (SSSR count). The summed E-state index contributed by atoms with van der Waals surface area (Å²) in [4.78, 5) is 28.9. The standard InChI is InChI=1S/C20H29FN4O2.2ClH/c1-14(20(27)23-17-6-3-5-16(21)13-17)24-8-10-25(11-9-24)19(26)12-15-4-2-7-18(15)22;;/h3,5-6,13-15,18H,2,4,7-12,22H2,1H3,(H,23,27);2*1H/t14?,15-,18+;;/m0../s1. The first-order chi connectivity index (χ1) is 12.9. The van der Waals surface area contributed by atoms with Crippen molar-refractivity contribution in [2.75, 3.05) is 31.5 Å². The van der Waals surface area contributed by atoms with E-state index in [1.54, 1.807) is 12.1 Å². The molecule has 1 saturated heterocycles. The molecule has 1 aromatic carbocycles. The zero-order valence-corrected chi connectivity index (χ0v) is 18.3. The summed E-state index contributed by atoms with van der Waals surface area (Å²) >= 11 is 0. The molecule has 9 heteroatoms. The number of nitrogens with one attached hydrogen (secondary N) is 1. The third kappa shape index (κ3) is 6.81. The van der Waals surface area contributed by atoms with Gasteiger partial charge in [-0.2, -0.15) is 0 Å². The first kappa shape index (κ1) is 25.6. The van der Waals surface area contributed by atoms with Gasteiger partial charge >= 0.3 is 0 Å². The number of halogens is 3. The Morgan fingerprint density at radius 2 is 1.90 bits per heavy atom. The fraction of sp³-hybridized carbons (Fsp3) is 0.600. The van der Waals surface area contributed by atoms with Gasteiger partial charge in [-0.05, 0) is 43.9 Å². The van der Waals surface area contributed by atoms with Crippen molar-refractivity contribution in [3.05, 3.63) is 30.1 Å². The summed E-state index contributed by atoms with van der Waals surface area (Å²) in [5.74, 6) is -0.0627. The van der Waals surface area contributed by atoms with Crippen LogP contribution in [0.4, 0.5) is 10.1 Å². The first-order valence-electron chi connectivity index (χ1n) is 9.78. The molecular weight excluding hydrogens is 418 g/mol. The van der Waals surface area contributed by atoms with Gasteiger partial charge in [0.2, 0.25) is 11.8 Å². The number of hydrogen-bond donors (Lipinski definition) is 2. The third-order valence-electron chi connectivity index (χ3n) is 5.84. The van der Waals surface area contributed by atoms with Crippen LogP contribution in [0.3, 0.4) is 0 Å². The van der Waals surface area contributed by atoms with E-state index < -0.39 is 0 Å². The summed E-state index contributed by atoms with van der Waals surface area (Å²) in [6.07, 6.45) is 3.72. The summed E-state index contributed by atoms with van der Waals surface area (Å²) in [7, 11) is 0. The second kappa shape index (κ2) is 11.7. The Morgan fingerprint density at radius 3 is 2.48 bits per heavy atom. The van der Waals surface area contributed by atoms with Crippen molar-refractivity contribution in [3.8, 4) is 0 Å². The lowest BCUT2D eigenvalue weighted by Crippen LogP contribution is -2.54. The van der Waals surface area contributed by atoms with Crippen LogP contribution in [0.1, 0.15) is 32.6 Å². The van der Waals surface area contributed by atoms with Crippen molar-refractivity contribution in [2.45, 2.75) is 44.7 Å². The van der Waals surface area contributed by atoms with Crippen LogP contribution in [0.15, 0.2) is 24.3 Å². The Hall–Kier alpha value is -1.41. The minimum atomic E-state index is -0.380. The lowest BCUT2D eigenvalue weighted by atomic mass is 9.99. The number of piperazine rings is 1. The summed E-state index contributed by atoms with van der Waals surface area (Å²) in [5, 5.41) is 2.75. The average Bonchev–Trinajstić information content (AvgIpc) is 3.06. The monoisotopic (exact) mass is 448 g/mol. The van der Waals surface area contributed by atoms with Gasteiger partial charge in [-0.15, -0.1) is 24.8 Å². The molecule has 3 atom stereocenters. The van der Waals surface area contributed by atoms with E-state index in [1.165, 1.54) is 12.1 Å². The maximum atomic E-state index is 13.3. The van der Waals surface area contributed by atoms with Gasteiger partial charge in [0, 0.05) is 44.3 Å². The predicted molar refractivity (Wildman–Crippen MR) is 117 cm³/mol. The number of rotatable bonds is 5. The van der Waals surface area contributed by atoms with E-state index in [2.05, 4.69) is 10.2 Å². The summed E-state index contributed by atoms with van der Waals surface area (Å²) in [6, 6.07) is 5.69. The average molecular weight is 449 g/mol. The number of carbonyl (C=O) groups is 2. The van der Waals surface area contributed by atoms with Crippen LogP contribution in [-0.4, -0.2) is 59.9 Å². The van der Waals surface area contributed by atoms with Gasteiger partial charge in [0.05, 0.1) is 6.04 Å². The fourth-order valence-corrected chi connectivity index (χ4v) is 4.01. The van der Waals surface area contributed by atoms with Gasteiger partial charge in [-0.25, -0.2) is 4.39 Å². The lowest BCUT2D eigenvalue weighted by Gasteiger charge is -2.38. The zero-order valence-electron chi connectivity index (χ0n) is 16.7. The van der Waals surface area contributed by atoms with E-state index in [0.717, 1.165) is 19.3 Å². The third-order valence-corrected chi connectivity index (χ3v) is 5.84. The molecule has 29 heavy (non-hydrogen) atoms. The van der Waals surface area contributed by atoms with Crippen LogP contribution >= 0.6 is 24.8 Å². The number of hydrogen-bond acceptors (Lipinski definition) is 4. The van der Waals surface area contributed by atoms with E-state index in [4.69, 9.17) is 5.73 Å². The van der Waals surface area contributed by atoms with E-state index in [0.29, 0.717) is 44.2 Å². The molecule has 3 N–H and O–H groups in total. The SMILES string of the molecule is CC(C(=O)Nc1cccc(F)c1)N1CCN(C(=O)C[C@@H]2CCC[C@H]2N)CC1.Cl.Cl. The number of benzene rings is 1. The molecule has 2 fully saturated rings. The highest BCUT2D eigenvalue weighted by atomic mass is 35.5. The maximum absolute atomic E-state index is 13.3. The minimum Gasteiger partial charge on any atom is -0.340 e. The molecule has 1 saturated carbocycles. The molecule has 2 amide bonds. The molecule has 6 nitrogen and oxygen atoms in total. The van der Waals surface area contributed by atoms with Crippen LogP contribution in [0.25, 0.3) is 0 Å². The van der Waals surface area contributed by atoms with Crippen LogP contribution in [0.5, 0.6) is 0 Å². The fourth-order valence-electron chi connectivity index (χ4n) is 4.01. The van der Waals surface area contributed by atoms with E-state index in [9.17, 15) is 14.0 Å². The van der Waals surface area contributed by atoms with Gasteiger partial charge < -0.3 is 16.0 Å². The van der Waals surface area contributed by atoms with Gasteiger partial charge in [-0.3, -0.25) is 14.5 Å². The highest BCUT2D eigenvalue weighted by Gasteiger charge is 2.31. The summed E-state index contributed by atoms with van der Waals surface area (Å²) in [5.41, 5.74) is 6.53. The van der Waals surface area contributed by atoms with Crippen LogP contribution in [0, 0.1) is 11.7 Å². The largest absolute Gasteiger partial charge is 0.340 e. The Bertz CT molecular complexity index is 686. The first-order valence-corrected chi connectivity index (χ1v) is 9.78. The number of carbonyl (C=O) groups excluding carboxylic acids is 2. The number of amides is 2. The van der Waals surface area contributed by atoms with E-state index in [1.807, 2.05) is 11.8 Å². The molecule has 0 spiro atoms. The van der Waals surface area contributed by atoms with Crippen LogP contribution in [0.2, 0.25) is 0 Å². The summed E-state index contributed by atoms with van der Waals surface area (Å²) in [6.45, 7) is 4.39. The molecule has 1 aliphatic carbocycles. The van der Waals surface area contributed by atoms with Gasteiger partial charge in [-0.1, -0.05) is 12.5 Å². The highest BCUT2D eigenvalue weighted by Crippen LogP contribution is 2.27. The maximum Gasteiger partial charge on any atom is 0.241 e. The number of nitrogens with zero attached hydrogens (tertiary/aromatic N) is 2. The Kier molecular flexibility index (Phi) is 10.3. The molecule has 1 heterocycles. The van der Waals surface area contributed by atoms with Crippen LogP contribution < -0.4 is 11.1 Å².